The Kier molecular flexibility index (Phi) is 7.01. The standard InChI is InChI=1S/C54H41N/c1-54(2,3)38-28-25-36(26-29-38)41-31-30-40(52-50-43-16-7-9-18-45(43)51(53(41)52)46-19-10-8-17-44(46)50)35-23-21-34(22-24-35)37-27-32-49-47(33-37)42-15-11-12-20-48(42)55(49)39-13-5-4-6-14-39/h4-33,50-51H,1-3H3. The Morgan fingerprint density at radius 3 is 1.40 bits per heavy atom. The molecule has 262 valence electrons. The van der Waals surface area contributed by atoms with Gasteiger partial charge in [0.05, 0.1) is 11.0 Å². The molecule has 0 saturated carbocycles. The molecular weight excluding hydrogens is 663 g/mol. The van der Waals surface area contributed by atoms with Crippen molar-refractivity contribution in [2.24, 2.45) is 0 Å². The Morgan fingerprint density at radius 2 is 0.836 bits per heavy atom. The molecule has 1 nitrogen and oxygen atoms in total. The number of hydrogen-bond donors (Lipinski definition) is 0. The fraction of sp³-hybridized carbons (Fsp3) is 0.111. The van der Waals surface area contributed by atoms with Crippen molar-refractivity contribution >= 4 is 21.8 Å². The van der Waals surface area contributed by atoms with Crippen molar-refractivity contribution < 1.29 is 0 Å². The summed E-state index contributed by atoms with van der Waals surface area (Å²) in [7, 11) is 0. The van der Waals surface area contributed by atoms with Gasteiger partial charge in [-0.1, -0.05) is 172 Å². The summed E-state index contributed by atoms with van der Waals surface area (Å²) in [6.07, 6.45) is 0. The van der Waals surface area contributed by atoms with Gasteiger partial charge in [0.25, 0.3) is 0 Å². The summed E-state index contributed by atoms with van der Waals surface area (Å²) in [5.74, 6) is 0.369. The maximum absolute atomic E-state index is 2.40. The van der Waals surface area contributed by atoms with Crippen LogP contribution in [-0.2, 0) is 5.41 Å². The fourth-order valence-corrected chi connectivity index (χ4v) is 9.79. The summed E-state index contributed by atoms with van der Waals surface area (Å²) in [4.78, 5) is 0. The molecule has 1 heterocycles. The third-order valence-electron chi connectivity index (χ3n) is 12.4. The molecule has 2 bridgehead atoms. The highest BCUT2D eigenvalue weighted by Gasteiger charge is 2.43. The number of benzene rings is 8. The lowest BCUT2D eigenvalue weighted by molar-refractivity contribution is 0.590. The van der Waals surface area contributed by atoms with Gasteiger partial charge in [0.15, 0.2) is 0 Å². The van der Waals surface area contributed by atoms with Gasteiger partial charge in [-0.2, -0.15) is 0 Å². The van der Waals surface area contributed by atoms with Crippen LogP contribution in [0.15, 0.2) is 182 Å². The van der Waals surface area contributed by atoms with Gasteiger partial charge < -0.3 is 4.57 Å². The highest BCUT2D eigenvalue weighted by atomic mass is 15.0. The van der Waals surface area contributed by atoms with Gasteiger partial charge in [0.2, 0.25) is 0 Å². The van der Waals surface area contributed by atoms with E-state index in [1.54, 1.807) is 0 Å². The van der Waals surface area contributed by atoms with Crippen molar-refractivity contribution in [2.75, 3.05) is 0 Å². The monoisotopic (exact) mass is 703 g/mol. The van der Waals surface area contributed by atoms with Crippen molar-refractivity contribution in [1.29, 1.82) is 0 Å². The average Bonchev–Trinajstić information content (AvgIpc) is 3.57. The number of para-hydroxylation sites is 2. The van der Waals surface area contributed by atoms with Crippen LogP contribution in [0.3, 0.4) is 0 Å². The molecule has 55 heavy (non-hydrogen) atoms. The van der Waals surface area contributed by atoms with Crippen LogP contribution in [0, 0.1) is 0 Å². The first-order chi connectivity index (χ1) is 26.9. The second-order valence-electron chi connectivity index (χ2n) is 16.4. The van der Waals surface area contributed by atoms with Crippen LogP contribution in [0.2, 0.25) is 0 Å². The molecule has 12 rings (SSSR count). The van der Waals surface area contributed by atoms with Crippen LogP contribution in [-0.4, -0.2) is 4.57 Å². The molecule has 0 saturated heterocycles. The lowest BCUT2D eigenvalue weighted by Gasteiger charge is -2.44. The van der Waals surface area contributed by atoms with Crippen molar-refractivity contribution in [1.82, 2.24) is 4.57 Å². The third-order valence-corrected chi connectivity index (χ3v) is 12.4. The van der Waals surface area contributed by atoms with E-state index in [2.05, 4.69) is 207 Å². The topological polar surface area (TPSA) is 4.93 Å². The molecule has 0 aliphatic heterocycles. The van der Waals surface area contributed by atoms with E-state index in [1.165, 1.54) is 99.8 Å². The zero-order valence-electron chi connectivity index (χ0n) is 31.4. The number of rotatable bonds is 4. The predicted molar refractivity (Wildman–Crippen MR) is 231 cm³/mol. The lowest BCUT2D eigenvalue weighted by atomic mass is 9.58. The first-order valence-corrected chi connectivity index (χ1v) is 19.6. The Hall–Kier alpha value is -6.44. The van der Waals surface area contributed by atoms with Gasteiger partial charge >= 0.3 is 0 Å². The Morgan fingerprint density at radius 1 is 0.382 bits per heavy atom. The van der Waals surface area contributed by atoms with E-state index in [-0.39, 0.29) is 17.3 Å². The fourth-order valence-electron chi connectivity index (χ4n) is 9.79. The van der Waals surface area contributed by atoms with Crippen LogP contribution < -0.4 is 0 Å². The highest BCUT2D eigenvalue weighted by Crippen LogP contribution is 2.59. The molecule has 9 aromatic rings. The molecule has 1 aromatic heterocycles. The van der Waals surface area contributed by atoms with Gasteiger partial charge in [0.1, 0.15) is 0 Å². The molecule has 0 fully saturated rings. The molecule has 1 heteroatoms. The molecule has 3 aliphatic carbocycles. The summed E-state index contributed by atoms with van der Waals surface area (Å²) < 4.78 is 2.38. The normalized spacial score (nSPS) is 15.5. The Balaban J connectivity index is 1.06. The zero-order chi connectivity index (χ0) is 36.8. The van der Waals surface area contributed by atoms with E-state index in [9.17, 15) is 0 Å². The first-order valence-electron chi connectivity index (χ1n) is 19.6. The van der Waals surface area contributed by atoms with E-state index in [1.807, 2.05) is 0 Å². The minimum Gasteiger partial charge on any atom is -0.309 e. The molecule has 0 N–H and O–H groups in total. The third kappa shape index (κ3) is 4.86. The molecule has 3 aliphatic rings. The number of hydrogen-bond acceptors (Lipinski definition) is 0. The van der Waals surface area contributed by atoms with Crippen LogP contribution >= 0.6 is 0 Å². The molecule has 0 radical (unpaired) electrons. The quantitative estimate of drug-likeness (QED) is 0.172. The summed E-state index contributed by atoms with van der Waals surface area (Å²) in [5.41, 5.74) is 21.5. The number of aromatic nitrogens is 1. The summed E-state index contributed by atoms with van der Waals surface area (Å²) in [6.45, 7) is 6.87. The van der Waals surface area contributed by atoms with Gasteiger partial charge in [0, 0.05) is 28.3 Å². The van der Waals surface area contributed by atoms with Gasteiger partial charge in [-0.05, 0) is 108 Å². The second-order valence-corrected chi connectivity index (χ2v) is 16.4. The van der Waals surface area contributed by atoms with Crippen molar-refractivity contribution in [3.05, 3.63) is 221 Å². The molecule has 0 atom stereocenters. The maximum atomic E-state index is 2.40. The maximum Gasteiger partial charge on any atom is 0.0541 e. The lowest BCUT2D eigenvalue weighted by Crippen LogP contribution is -2.28. The summed E-state index contributed by atoms with van der Waals surface area (Å²) in [6, 6.07) is 68.2. The van der Waals surface area contributed by atoms with Crippen molar-refractivity contribution in [2.45, 2.75) is 38.0 Å². The van der Waals surface area contributed by atoms with E-state index in [0.29, 0.717) is 0 Å². The first kappa shape index (κ1) is 32.0. The Bertz CT molecular complexity index is 2890. The molecular formula is C54H41N. The van der Waals surface area contributed by atoms with Crippen LogP contribution in [0.4, 0.5) is 0 Å². The van der Waals surface area contributed by atoms with Gasteiger partial charge in [-0.15, -0.1) is 0 Å². The van der Waals surface area contributed by atoms with Crippen molar-refractivity contribution in [3.63, 3.8) is 0 Å². The largest absolute Gasteiger partial charge is 0.309 e. The molecule has 0 amide bonds. The van der Waals surface area contributed by atoms with Crippen LogP contribution in [0.5, 0.6) is 0 Å². The second kappa shape index (κ2) is 12.0. The van der Waals surface area contributed by atoms with Crippen LogP contribution in [0.1, 0.15) is 71.6 Å². The number of nitrogens with zero attached hydrogens (tertiary/aromatic N) is 1. The smallest absolute Gasteiger partial charge is 0.0541 e. The van der Waals surface area contributed by atoms with Crippen LogP contribution in [0.25, 0.3) is 60.9 Å². The summed E-state index contributed by atoms with van der Waals surface area (Å²) in [5, 5.41) is 2.55. The van der Waals surface area contributed by atoms with E-state index in [0.717, 1.165) is 0 Å². The minimum absolute atomic E-state index is 0.109. The average molecular weight is 704 g/mol. The number of fused-ring (bicyclic) bond motifs is 3. The van der Waals surface area contributed by atoms with E-state index >= 15 is 0 Å². The van der Waals surface area contributed by atoms with Gasteiger partial charge in [-0.25, -0.2) is 0 Å². The van der Waals surface area contributed by atoms with E-state index in [4.69, 9.17) is 0 Å². The zero-order valence-corrected chi connectivity index (χ0v) is 31.4. The minimum atomic E-state index is 0.109. The SMILES string of the molecule is CC(C)(C)c1ccc(-c2ccc(-c3ccc(-c4ccc5c(c4)c4ccccc4n5-c4ccccc4)cc3)c3c2C2c4ccccc4C3c3ccccc32)cc1. The Labute approximate surface area is 323 Å². The summed E-state index contributed by atoms with van der Waals surface area (Å²) >= 11 is 0. The predicted octanol–water partition coefficient (Wildman–Crippen LogP) is 14.1. The van der Waals surface area contributed by atoms with Crippen molar-refractivity contribution in [3.8, 4) is 39.1 Å². The highest BCUT2D eigenvalue weighted by molar-refractivity contribution is 6.10. The molecule has 8 aromatic carbocycles. The molecule has 0 unspecified atom stereocenters. The van der Waals surface area contributed by atoms with Gasteiger partial charge in [-0.3, -0.25) is 0 Å². The molecule has 0 spiro atoms. The van der Waals surface area contributed by atoms with E-state index < -0.39 is 0 Å².